The summed E-state index contributed by atoms with van der Waals surface area (Å²) in [5.41, 5.74) is 5.23. The molecule has 2 aromatic carbocycles. The summed E-state index contributed by atoms with van der Waals surface area (Å²) in [7, 11) is 2.14. The molecule has 1 aliphatic heterocycles. The number of benzene rings is 2. The van der Waals surface area contributed by atoms with Crippen LogP contribution in [-0.4, -0.2) is 17.3 Å². The van der Waals surface area contributed by atoms with E-state index in [1.807, 2.05) is 12.1 Å². The summed E-state index contributed by atoms with van der Waals surface area (Å²) in [6.07, 6.45) is 0. The quantitative estimate of drug-likeness (QED) is 0.676. The number of hydrogen-bond donors (Lipinski definition) is 0. The van der Waals surface area contributed by atoms with Crippen molar-refractivity contribution in [3.05, 3.63) is 64.7 Å². The highest BCUT2D eigenvalue weighted by atomic mass is 35.5. The van der Waals surface area contributed by atoms with Crippen molar-refractivity contribution in [1.82, 2.24) is 0 Å². The van der Waals surface area contributed by atoms with Crippen molar-refractivity contribution in [2.45, 2.75) is 19.3 Å². The summed E-state index contributed by atoms with van der Waals surface area (Å²) >= 11 is 5.99. The molecule has 0 N–H and O–H groups in total. The van der Waals surface area contributed by atoms with Crippen LogP contribution in [0.15, 0.2) is 48.5 Å². The predicted molar refractivity (Wildman–Crippen MR) is 80.9 cm³/mol. The maximum absolute atomic E-state index is 5.99. The number of para-hydroxylation sites is 1. The second kappa shape index (κ2) is 4.21. The van der Waals surface area contributed by atoms with Crippen LogP contribution in [0.2, 0.25) is 5.02 Å². The van der Waals surface area contributed by atoms with Crippen LogP contribution < -0.4 is 0 Å². The van der Waals surface area contributed by atoms with Crippen molar-refractivity contribution in [1.29, 1.82) is 0 Å². The van der Waals surface area contributed by atoms with Crippen molar-refractivity contribution < 1.29 is 4.58 Å². The van der Waals surface area contributed by atoms with Gasteiger partial charge in [-0.25, -0.2) is 0 Å². The highest BCUT2D eigenvalue weighted by Crippen LogP contribution is 2.40. The van der Waals surface area contributed by atoms with Gasteiger partial charge in [0.15, 0.2) is 5.71 Å². The van der Waals surface area contributed by atoms with Gasteiger partial charge in [-0.2, -0.15) is 4.58 Å². The molecule has 0 radical (unpaired) electrons. The molecule has 96 valence electrons. The molecule has 0 aliphatic carbocycles. The molecule has 0 saturated carbocycles. The Morgan fingerprint density at radius 1 is 0.947 bits per heavy atom. The lowest BCUT2D eigenvalue weighted by Gasteiger charge is -2.17. The summed E-state index contributed by atoms with van der Waals surface area (Å²) in [5, 5.41) is 0.778. The first kappa shape index (κ1) is 12.4. The Bertz CT molecular complexity index is 666. The number of nitrogens with zero attached hydrogens (tertiary/aromatic N) is 1. The zero-order valence-corrected chi connectivity index (χ0v) is 12.2. The van der Waals surface area contributed by atoms with Gasteiger partial charge in [-0.15, -0.1) is 0 Å². The van der Waals surface area contributed by atoms with Gasteiger partial charge in [0, 0.05) is 22.2 Å². The number of hydrogen-bond acceptors (Lipinski definition) is 0. The van der Waals surface area contributed by atoms with E-state index < -0.39 is 0 Å². The zero-order valence-electron chi connectivity index (χ0n) is 11.4. The van der Waals surface area contributed by atoms with Gasteiger partial charge in [-0.1, -0.05) is 29.8 Å². The summed E-state index contributed by atoms with van der Waals surface area (Å²) in [4.78, 5) is 0. The van der Waals surface area contributed by atoms with E-state index >= 15 is 0 Å². The first-order valence-electron chi connectivity index (χ1n) is 6.48. The first-order chi connectivity index (χ1) is 9.01. The Balaban J connectivity index is 2.23. The fourth-order valence-electron chi connectivity index (χ4n) is 3.12. The Kier molecular flexibility index (Phi) is 2.75. The molecule has 2 aromatic rings. The van der Waals surface area contributed by atoms with E-state index in [1.165, 1.54) is 22.5 Å². The van der Waals surface area contributed by atoms with E-state index in [1.54, 1.807) is 0 Å². The van der Waals surface area contributed by atoms with E-state index in [0.717, 1.165) is 5.02 Å². The highest BCUT2D eigenvalue weighted by Gasteiger charge is 2.44. The average molecular weight is 271 g/mol. The van der Waals surface area contributed by atoms with E-state index in [9.17, 15) is 0 Å². The zero-order chi connectivity index (χ0) is 13.6. The molecule has 3 rings (SSSR count). The molecule has 0 fully saturated rings. The third kappa shape index (κ3) is 1.81. The van der Waals surface area contributed by atoms with E-state index in [4.69, 9.17) is 11.6 Å². The number of halogens is 1. The summed E-state index contributed by atoms with van der Waals surface area (Å²) in [5.74, 6) is 0. The molecule has 1 aliphatic rings. The molecule has 2 heteroatoms. The third-order valence-electron chi connectivity index (χ3n) is 3.98. The fourth-order valence-corrected chi connectivity index (χ4v) is 3.25. The Morgan fingerprint density at radius 2 is 1.58 bits per heavy atom. The second-order valence-electron chi connectivity index (χ2n) is 5.56. The van der Waals surface area contributed by atoms with Gasteiger partial charge in [0.05, 0.1) is 5.41 Å². The van der Waals surface area contributed by atoms with Crippen molar-refractivity contribution >= 4 is 23.0 Å². The number of fused-ring (bicyclic) bond motifs is 1. The van der Waals surface area contributed by atoms with Gasteiger partial charge >= 0.3 is 0 Å². The van der Waals surface area contributed by atoms with Gasteiger partial charge in [0.25, 0.3) is 0 Å². The highest BCUT2D eigenvalue weighted by molar-refractivity contribution is 6.30. The minimum Gasteiger partial charge on any atom is -0.197 e. The van der Waals surface area contributed by atoms with Crippen LogP contribution in [0.3, 0.4) is 0 Å². The second-order valence-corrected chi connectivity index (χ2v) is 5.99. The number of rotatable bonds is 1. The van der Waals surface area contributed by atoms with Gasteiger partial charge in [0.2, 0.25) is 5.69 Å². The minimum absolute atomic E-state index is 0.0131. The van der Waals surface area contributed by atoms with Crippen LogP contribution in [0.5, 0.6) is 0 Å². The van der Waals surface area contributed by atoms with Crippen molar-refractivity contribution in [3.63, 3.8) is 0 Å². The van der Waals surface area contributed by atoms with Crippen LogP contribution in [0.4, 0.5) is 5.69 Å². The smallest absolute Gasteiger partial charge is 0.197 e. The fraction of sp³-hybridized carbons (Fsp3) is 0.235. The molecule has 0 aromatic heterocycles. The molecule has 0 atom stereocenters. The Labute approximate surface area is 119 Å². The molecule has 0 spiro atoms. The molecule has 0 unspecified atom stereocenters. The monoisotopic (exact) mass is 270 g/mol. The van der Waals surface area contributed by atoms with E-state index in [0.29, 0.717) is 0 Å². The lowest BCUT2D eigenvalue weighted by molar-refractivity contribution is -0.401. The Morgan fingerprint density at radius 3 is 2.21 bits per heavy atom. The Hall–Kier alpha value is -1.60. The lowest BCUT2D eigenvalue weighted by Crippen LogP contribution is -2.29. The summed E-state index contributed by atoms with van der Waals surface area (Å²) < 4.78 is 2.29. The normalized spacial score (nSPS) is 16.6. The van der Waals surface area contributed by atoms with Crippen molar-refractivity contribution in [3.8, 4) is 0 Å². The van der Waals surface area contributed by atoms with Crippen LogP contribution >= 0.6 is 11.6 Å². The molecule has 0 amide bonds. The SMILES string of the molecule is C[N+]1=C(c2ccc(Cl)cc2)C(C)(C)c2ccccc21. The summed E-state index contributed by atoms with van der Waals surface area (Å²) in [6.45, 7) is 4.55. The van der Waals surface area contributed by atoms with Crippen LogP contribution in [0.1, 0.15) is 25.0 Å². The standard InChI is InChI=1S/C17H17ClN/c1-17(2)14-6-4-5-7-15(14)19(3)16(17)12-8-10-13(18)11-9-12/h4-11H,1-3H3/q+1. The van der Waals surface area contributed by atoms with Gasteiger partial charge in [-0.3, -0.25) is 0 Å². The molecule has 0 saturated heterocycles. The van der Waals surface area contributed by atoms with Crippen LogP contribution in [0.25, 0.3) is 0 Å². The maximum Gasteiger partial charge on any atom is 0.209 e. The van der Waals surface area contributed by atoms with Crippen molar-refractivity contribution in [2.75, 3.05) is 7.05 Å². The third-order valence-corrected chi connectivity index (χ3v) is 4.24. The van der Waals surface area contributed by atoms with E-state index in [-0.39, 0.29) is 5.41 Å². The molecule has 1 heterocycles. The minimum atomic E-state index is 0.0131. The van der Waals surface area contributed by atoms with Crippen molar-refractivity contribution in [2.24, 2.45) is 0 Å². The first-order valence-corrected chi connectivity index (χ1v) is 6.86. The molecular weight excluding hydrogens is 254 g/mol. The van der Waals surface area contributed by atoms with Crippen LogP contribution in [-0.2, 0) is 5.41 Å². The van der Waals surface area contributed by atoms with Gasteiger partial charge in [0.1, 0.15) is 7.05 Å². The molecule has 19 heavy (non-hydrogen) atoms. The largest absolute Gasteiger partial charge is 0.209 e. The van der Waals surface area contributed by atoms with Gasteiger partial charge in [-0.05, 0) is 38.1 Å². The molecule has 1 nitrogen and oxygen atoms in total. The predicted octanol–water partition coefficient (Wildman–Crippen LogP) is 4.39. The van der Waals surface area contributed by atoms with Gasteiger partial charge < -0.3 is 0 Å². The molecular formula is C17H17ClN+. The van der Waals surface area contributed by atoms with Crippen LogP contribution in [0, 0.1) is 0 Å². The van der Waals surface area contributed by atoms with E-state index in [2.05, 4.69) is 61.9 Å². The topological polar surface area (TPSA) is 3.01 Å². The lowest BCUT2D eigenvalue weighted by atomic mass is 9.79. The maximum atomic E-state index is 5.99. The average Bonchev–Trinajstić information content (AvgIpc) is 2.60. The molecule has 0 bridgehead atoms. The summed E-state index contributed by atoms with van der Waals surface area (Å²) in [6, 6.07) is 16.7.